The van der Waals surface area contributed by atoms with Gasteiger partial charge in [0.2, 0.25) is 0 Å². The van der Waals surface area contributed by atoms with E-state index in [2.05, 4.69) is 16.3 Å². The number of nitriles is 1. The van der Waals surface area contributed by atoms with Gasteiger partial charge in [0, 0.05) is 20.1 Å². The summed E-state index contributed by atoms with van der Waals surface area (Å²) in [5.41, 5.74) is 2.92. The van der Waals surface area contributed by atoms with Crippen LogP contribution in [0.15, 0.2) is 18.2 Å². The van der Waals surface area contributed by atoms with E-state index in [4.69, 9.17) is 5.26 Å². The molecule has 0 aliphatic carbocycles. The highest BCUT2D eigenvalue weighted by atomic mass is 15.1. The Balaban J connectivity index is 2.91. The Labute approximate surface area is 91.3 Å². The average molecular weight is 203 g/mol. The van der Waals surface area contributed by atoms with Gasteiger partial charge in [-0.1, -0.05) is 6.07 Å². The number of nitrogens with zero attached hydrogens (tertiary/aromatic N) is 2. The molecular formula is C12H17N3. The maximum atomic E-state index is 8.99. The quantitative estimate of drug-likeness (QED) is 0.806. The van der Waals surface area contributed by atoms with Gasteiger partial charge < -0.3 is 10.2 Å². The molecular weight excluding hydrogens is 186 g/mol. The largest absolute Gasteiger partial charge is 0.372 e. The number of rotatable bonds is 4. The molecule has 0 amide bonds. The Morgan fingerprint density at radius 3 is 2.80 bits per heavy atom. The van der Waals surface area contributed by atoms with Crippen molar-refractivity contribution in [1.82, 2.24) is 5.32 Å². The minimum Gasteiger partial charge on any atom is -0.372 e. The predicted octanol–water partition coefficient (Wildman–Crippen LogP) is 1.52. The van der Waals surface area contributed by atoms with Gasteiger partial charge in [0.05, 0.1) is 11.3 Å². The first-order chi connectivity index (χ1) is 7.19. The lowest BCUT2D eigenvalue weighted by Gasteiger charge is -2.20. The van der Waals surface area contributed by atoms with Crippen LogP contribution in [0.3, 0.4) is 0 Å². The van der Waals surface area contributed by atoms with Gasteiger partial charge in [-0.2, -0.15) is 5.26 Å². The highest BCUT2D eigenvalue weighted by Gasteiger charge is 2.06. The molecule has 0 unspecified atom stereocenters. The molecule has 0 heterocycles. The normalized spacial score (nSPS) is 9.73. The van der Waals surface area contributed by atoms with Crippen LogP contribution in [0.5, 0.6) is 0 Å². The lowest BCUT2D eigenvalue weighted by molar-refractivity contribution is 0.767. The second-order valence-electron chi connectivity index (χ2n) is 3.66. The summed E-state index contributed by atoms with van der Waals surface area (Å²) in [7, 11) is 3.93. The van der Waals surface area contributed by atoms with E-state index in [0.717, 1.165) is 24.3 Å². The van der Waals surface area contributed by atoms with Crippen molar-refractivity contribution in [1.29, 1.82) is 5.26 Å². The highest BCUT2D eigenvalue weighted by molar-refractivity contribution is 5.60. The molecule has 0 spiro atoms. The summed E-state index contributed by atoms with van der Waals surface area (Å²) < 4.78 is 0. The standard InChI is InChI=1S/C12H17N3/c1-10-4-5-11(9-13)12(8-10)15(3)7-6-14-2/h4-5,8,14H,6-7H2,1-3H3. The number of hydrogen-bond acceptors (Lipinski definition) is 3. The Kier molecular flexibility index (Phi) is 4.14. The van der Waals surface area contributed by atoms with Crippen molar-refractivity contribution in [2.75, 3.05) is 32.1 Å². The highest BCUT2D eigenvalue weighted by Crippen LogP contribution is 2.19. The molecule has 1 aromatic rings. The summed E-state index contributed by atoms with van der Waals surface area (Å²) in [5, 5.41) is 12.1. The zero-order valence-electron chi connectivity index (χ0n) is 9.54. The van der Waals surface area contributed by atoms with E-state index < -0.39 is 0 Å². The maximum absolute atomic E-state index is 8.99. The van der Waals surface area contributed by atoms with Gasteiger partial charge in [-0.3, -0.25) is 0 Å². The molecule has 0 radical (unpaired) electrons. The second kappa shape index (κ2) is 5.38. The van der Waals surface area contributed by atoms with Crippen molar-refractivity contribution in [2.24, 2.45) is 0 Å². The van der Waals surface area contributed by atoms with Crippen LogP contribution in [0, 0.1) is 18.3 Å². The average Bonchev–Trinajstić information content (AvgIpc) is 2.25. The third-order valence-corrected chi connectivity index (χ3v) is 2.38. The van der Waals surface area contributed by atoms with Crippen molar-refractivity contribution in [3.05, 3.63) is 29.3 Å². The third-order valence-electron chi connectivity index (χ3n) is 2.38. The van der Waals surface area contributed by atoms with Crippen LogP contribution in [0.4, 0.5) is 5.69 Å². The minimum atomic E-state index is 0.735. The van der Waals surface area contributed by atoms with Crippen LogP contribution in [0.25, 0.3) is 0 Å². The summed E-state index contributed by atoms with van der Waals surface area (Å²) in [5.74, 6) is 0. The van der Waals surface area contributed by atoms with Gasteiger partial charge >= 0.3 is 0 Å². The van der Waals surface area contributed by atoms with Gasteiger partial charge in [0.25, 0.3) is 0 Å². The van der Waals surface area contributed by atoms with Crippen molar-refractivity contribution in [2.45, 2.75) is 6.92 Å². The summed E-state index contributed by atoms with van der Waals surface area (Å²) in [6, 6.07) is 8.11. The van der Waals surface area contributed by atoms with Crippen molar-refractivity contribution >= 4 is 5.69 Å². The molecule has 1 rings (SSSR count). The number of aryl methyl sites for hydroxylation is 1. The summed E-state index contributed by atoms with van der Waals surface area (Å²) in [6.07, 6.45) is 0. The second-order valence-corrected chi connectivity index (χ2v) is 3.66. The molecule has 1 aromatic carbocycles. The van der Waals surface area contributed by atoms with Crippen LogP contribution in [-0.4, -0.2) is 27.2 Å². The van der Waals surface area contributed by atoms with Gasteiger partial charge in [0.1, 0.15) is 6.07 Å². The Morgan fingerprint density at radius 2 is 2.20 bits per heavy atom. The molecule has 0 atom stereocenters. The lowest BCUT2D eigenvalue weighted by atomic mass is 10.1. The number of hydrogen-bond donors (Lipinski definition) is 1. The molecule has 1 N–H and O–H groups in total. The third kappa shape index (κ3) is 2.97. The van der Waals surface area contributed by atoms with Crippen LogP contribution >= 0.6 is 0 Å². The molecule has 3 nitrogen and oxygen atoms in total. The van der Waals surface area contributed by atoms with Crippen LogP contribution < -0.4 is 10.2 Å². The molecule has 0 aliphatic heterocycles. The minimum absolute atomic E-state index is 0.735. The molecule has 15 heavy (non-hydrogen) atoms. The molecule has 0 aromatic heterocycles. The van der Waals surface area contributed by atoms with Gasteiger partial charge in [-0.25, -0.2) is 0 Å². The van der Waals surface area contributed by atoms with E-state index in [-0.39, 0.29) is 0 Å². The Morgan fingerprint density at radius 1 is 1.47 bits per heavy atom. The molecule has 0 bridgehead atoms. The smallest absolute Gasteiger partial charge is 0.101 e. The van der Waals surface area contributed by atoms with Crippen molar-refractivity contribution in [3.8, 4) is 6.07 Å². The Bertz CT molecular complexity index is 366. The van der Waals surface area contributed by atoms with Crippen molar-refractivity contribution < 1.29 is 0 Å². The van der Waals surface area contributed by atoms with E-state index in [1.54, 1.807) is 0 Å². The molecule has 0 saturated heterocycles. The molecule has 80 valence electrons. The topological polar surface area (TPSA) is 39.1 Å². The van der Waals surface area contributed by atoms with E-state index >= 15 is 0 Å². The van der Waals surface area contributed by atoms with Crippen LogP contribution in [0.2, 0.25) is 0 Å². The number of anilines is 1. The predicted molar refractivity (Wildman–Crippen MR) is 63.1 cm³/mol. The van der Waals surface area contributed by atoms with Crippen molar-refractivity contribution in [3.63, 3.8) is 0 Å². The fourth-order valence-corrected chi connectivity index (χ4v) is 1.45. The summed E-state index contributed by atoms with van der Waals surface area (Å²) in [4.78, 5) is 2.10. The zero-order valence-corrected chi connectivity index (χ0v) is 9.54. The molecule has 3 heteroatoms. The SMILES string of the molecule is CNCCN(C)c1cc(C)ccc1C#N. The van der Waals surface area contributed by atoms with E-state index in [0.29, 0.717) is 0 Å². The van der Waals surface area contributed by atoms with E-state index in [9.17, 15) is 0 Å². The fourth-order valence-electron chi connectivity index (χ4n) is 1.45. The summed E-state index contributed by atoms with van der Waals surface area (Å²) >= 11 is 0. The first-order valence-electron chi connectivity index (χ1n) is 5.05. The van der Waals surface area contributed by atoms with E-state index in [1.165, 1.54) is 5.56 Å². The fraction of sp³-hybridized carbons (Fsp3) is 0.417. The number of likely N-dealkylation sites (N-methyl/N-ethyl adjacent to an activating group) is 2. The first-order valence-corrected chi connectivity index (χ1v) is 5.05. The zero-order chi connectivity index (χ0) is 11.3. The lowest BCUT2D eigenvalue weighted by Crippen LogP contribution is -2.27. The van der Waals surface area contributed by atoms with Crippen LogP contribution in [-0.2, 0) is 0 Å². The summed E-state index contributed by atoms with van der Waals surface area (Å²) in [6.45, 7) is 3.85. The molecule has 0 saturated carbocycles. The first kappa shape index (κ1) is 11.5. The maximum Gasteiger partial charge on any atom is 0.101 e. The van der Waals surface area contributed by atoms with Gasteiger partial charge in [-0.15, -0.1) is 0 Å². The molecule has 0 fully saturated rings. The monoisotopic (exact) mass is 203 g/mol. The van der Waals surface area contributed by atoms with E-state index in [1.807, 2.05) is 39.2 Å². The van der Waals surface area contributed by atoms with Gasteiger partial charge in [-0.05, 0) is 31.7 Å². The van der Waals surface area contributed by atoms with Crippen LogP contribution in [0.1, 0.15) is 11.1 Å². The molecule has 0 aliphatic rings. The Hall–Kier alpha value is -1.53. The van der Waals surface area contributed by atoms with Gasteiger partial charge in [0.15, 0.2) is 0 Å². The number of benzene rings is 1. The number of nitrogens with one attached hydrogen (secondary N) is 1.